The van der Waals surface area contributed by atoms with Crippen LogP contribution in [0, 0.1) is 24.1 Å². The van der Waals surface area contributed by atoms with Crippen LogP contribution in [0.25, 0.3) is 0 Å². The van der Waals surface area contributed by atoms with E-state index in [1.54, 1.807) is 19.1 Å². The summed E-state index contributed by atoms with van der Waals surface area (Å²) >= 11 is 0. The third-order valence-corrected chi connectivity index (χ3v) is 8.92. The largest absolute Gasteiger partial charge is 0.381 e. The fourth-order valence-corrected chi connectivity index (χ4v) is 6.27. The Morgan fingerprint density at radius 2 is 1.88 bits per heavy atom. The molecule has 3 amide bonds. The van der Waals surface area contributed by atoms with Crippen molar-refractivity contribution in [3.05, 3.63) is 77.6 Å². The first-order chi connectivity index (χ1) is 20.3. The van der Waals surface area contributed by atoms with Crippen molar-refractivity contribution in [2.75, 3.05) is 38.2 Å². The van der Waals surface area contributed by atoms with Crippen LogP contribution in [-0.2, 0) is 25.5 Å². The van der Waals surface area contributed by atoms with Gasteiger partial charge in [-0.1, -0.05) is 48.6 Å². The number of ether oxygens (including phenoxy) is 1. The van der Waals surface area contributed by atoms with Gasteiger partial charge < -0.3 is 20.7 Å². The highest BCUT2D eigenvalue weighted by atomic mass is 19.1. The second-order valence-corrected chi connectivity index (χ2v) is 11.9. The van der Waals surface area contributed by atoms with E-state index in [4.69, 9.17) is 4.74 Å². The van der Waals surface area contributed by atoms with Crippen LogP contribution in [0.15, 0.2) is 60.7 Å². The molecule has 9 heteroatoms. The van der Waals surface area contributed by atoms with Crippen LogP contribution >= 0.6 is 0 Å². The zero-order chi connectivity index (χ0) is 29.5. The lowest BCUT2D eigenvalue weighted by atomic mass is 9.75. The molecule has 0 saturated carbocycles. The summed E-state index contributed by atoms with van der Waals surface area (Å²) in [5, 5.41) is 9.19. The molecule has 2 saturated heterocycles. The SMILES string of the molecule is Cc1ccc(NC(=O)CN2CC[C@@H]3NC(=O)[C@H](Cc4ccccc4)NC(=O)C4(C/C=C/C[C@@H]3C2)CCOCC4)cc1F. The second kappa shape index (κ2) is 13.6. The Hall–Kier alpha value is -3.56. The highest BCUT2D eigenvalue weighted by molar-refractivity contribution is 5.92. The Morgan fingerprint density at radius 1 is 1.10 bits per heavy atom. The van der Waals surface area contributed by atoms with Gasteiger partial charge in [0.25, 0.3) is 0 Å². The molecule has 3 aliphatic heterocycles. The van der Waals surface area contributed by atoms with Gasteiger partial charge in [0.15, 0.2) is 0 Å². The molecule has 224 valence electrons. The molecular formula is C33H41FN4O4. The summed E-state index contributed by atoms with van der Waals surface area (Å²) in [7, 11) is 0. The molecule has 5 rings (SSSR count). The summed E-state index contributed by atoms with van der Waals surface area (Å²) in [6.45, 7) is 4.19. The molecule has 3 atom stereocenters. The Labute approximate surface area is 247 Å². The van der Waals surface area contributed by atoms with Crippen molar-refractivity contribution >= 4 is 23.4 Å². The number of fused-ring (bicyclic) bond motifs is 1. The molecule has 0 aliphatic carbocycles. The number of allylic oxidation sites excluding steroid dienone is 2. The molecule has 3 aliphatic rings. The third kappa shape index (κ3) is 7.44. The van der Waals surface area contributed by atoms with Crippen molar-refractivity contribution in [1.82, 2.24) is 15.5 Å². The zero-order valence-corrected chi connectivity index (χ0v) is 24.2. The van der Waals surface area contributed by atoms with Crippen molar-refractivity contribution in [2.45, 2.75) is 57.5 Å². The number of rotatable bonds is 5. The highest BCUT2D eigenvalue weighted by Crippen LogP contribution is 2.36. The summed E-state index contributed by atoms with van der Waals surface area (Å²) in [5.74, 6) is -0.716. The molecule has 3 heterocycles. The van der Waals surface area contributed by atoms with Gasteiger partial charge in [0.05, 0.1) is 12.0 Å². The molecule has 42 heavy (non-hydrogen) atoms. The molecule has 2 aromatic rings. The minimum Gasteiger partial charge on any atom is -0.381 e. The van der Waals surface area contributed by atoms with E-state index in [0.29, 0.717) is 69.7 Å². The van der Waals surface area contributed by atoms with Crippen molar-refractivity contribution < 1.29 is 23.5 Å². The molecule has 0 unspecified atom stereocenters. The number of carbonyl (C=O) groups excluding carboxylic acids is 3. The first-order valence-electron chi connectivity index (χ1n) is 15.0. The summed E-state index contributed by atoms with van der Waals surface area (Å²) in [5.41, 5.74) is 1.35. The Morgan fingerprint density at radius 3 is 2.64 bits per heavy atom. The summed E-state index contributed by atoms with van der Waals surface area (Å²) in [6, 6.07) is 13.7. The Bertz CT molecular complexity index is 1290. The van der Waals surface area contributed by atoms with E-state index >= 15 is 0 Å². The predicted molar refractivity (Wildman–Crippen MR) is 159 cm³/mol. The highest BCUT2D eigenvalue weighted by Gasteiger charge is 2.41. The fourth-order valence-electron chi connectivity index (χ4n) is 6.27. The quantitative estimate of drug-likeness (QED) is 0.471. The summed E-state index contributed by atoms with van der Waals surface area (Å²) < 4.78 is 19.5. The molecule has 2 aromatic carbocycles. The first kappa shape index (κ1) is 29.9. The average Bonchev–Trinajstić information content (AvgIpc) is 2.98. The van der Waals surface area contributed by atoms with Gasteiger partial charge in [-0.05, 0) is 68.2 Å². The van der Waals surface area contributed by atoms with Gasteiger partial charge in [-0.3, -0.25) is 19.3 Å². The standard InChI is InChI=1S/C33H41FN4O4/c1-23-10-11-26(20-27(23)34)35-30(39)22-38-16-12-28-25(21-38)9-5-6-13-33(14-17-42-18-15-33)32(41)37-29(31(40)36-28)19-24-7-3-2-4-8-24/h2-8,10-11,20,25,28-29H,9,12-19,21-22H2,1H3,(H,35,39)(H,36,40)(H,37,41)/b6-5+/t25-,28+,29+/m1/s1. The van der Waals surface area contributed by atoms with Gasteiger partial charge >= 0.3 is 0 Å². The van der Waals surface area contributed by atoms with Gasteiger partial charge in [0.1, 0.15) is 11.9 Å². The van der Waals surface area contributed by atoms with Crippen LogP contribution in [0.2, 0.25) is 0 Å². The van der Waals surface area contributed by atoms with E-state index in [9.17, 15) is 18.8 Å². The molecule has 0 aromatic heterocycles. The molecule has 3 N–H and O–H groups in total. The van der Waals surface area contributed by atoms with E-state index in [2.05, 4.69) is 33.0 Å². The number of halogens is 1. The van der Waals surface area contributed by atoms with Gasteiger partial charge in [-0.2, -0.15) is 0 Å². The monoisotopic (exact) mass is 576 g/mol. The first-order valence-corrected chi connectivity index (χ1v) is 15.0. The molecule has 8 nitrogen and oxygen atoms in total. The maximum absolute atomic E-state index is 13.9. The molecule has 1 spiro atoms. The van der Waals surface area contributed by atoms with Crippen LogP contribution in [0.4, 0.5) is 10.1 Å². The number of carbonyl (C=O) groups is 3. The lowest BCUT2D eigenvalue weighted by Crippen LogP contribution is -2.58. The molecule has 0 bridgehead atoms. The zero-order valence-electron chi connectivity index (χ0n) is 24.2. The molecular weight excluding hydrogens is 535 g/mol. The smallest absolute Gasteiger partial charge is 0.243 e. The topological polar surface area (TPSA) is 99.8 Å². The lowest BCUT2D eigenvalue weighted by molar-refractivity contribution is -0.140. The normalized spacial score (nSPS) is 25.7. The number of nitrogens with zero attached hydrogens (tertiary/aromatic N) is 1. The number of aryl methyl sites for hydroxylation is 1. The maximum Gasteiger partial charge on any atom is 0.243 e. The van der Waals surface area contributed by atoms with Crippen LogP contribution < -0.4 is 16.0 Å². The number of nitrogens with one attached hydrogen (secondary N) is 3. The van der Waals surface area contributed by atoms with Gasteiger partial charge in [0.2, 0.25) is 17.7 Å². The van der Waals surface area contributed by atoms with E-state index < -0.39 is 11.5 Å². The van der Waals surface area contributed by atoms with Crippen molar-refractivity contribution in [3.63, 3.8) is 0 Å². The Kier molecular flexibility index (Phi) is 9.69. The number of hydrogen-bond acceptors (Lipinski definition) is 5. The van der Waals surface area contributed by atoms with E-state index in [1.807, 2.05) is 30.3 Å². The number of benzene rings is 2. The van der Waals surface area contributed by atoms with Crippen molar-refractivity contribution in [1.29, 1.82) is 0 Å². The molecule has 2 fully saturated rings. The number of piperidine rings is 1. The van der Waals surface area contributed by atoms with Gasteiger partial charge in [-0.15, -0.1) is 0 Å². The second-order valence-electron chi connectivity index (χ2n) is 11.9. The third-order valence-electron chi connectivity index (χ3n) is 8.92. The minimum absolute atomic E-state index is 0.0840. The van der Waals surface area contributed by atoms with Gasteiger partial charge in [0, 0.05) is 44.5 Å². The fraction of sp³-hybridized carbons (Fsp3) is 0.485. The van der Waals surface area contributed by atoms with E-state index in [1.165, 1.54) is 6.07 Å². The minimum atomic E-state index is -0.692. The lowest BCUT2D eigenvalue weighted by Gasteiger charge is -2.40. The summed E-state index contributed by atoms with van der Waals surface area (Å²) in [6.07, 6.45) is 7.87. The summed E-state index contributed by atoms with van der Waals surface area (Å²) in [4.78, 5) is 42.3. The maximum atomic E-state index is 13.9. The van der Waals surface area contributed by atoms with Crippen LogP contribution in [0.3, 0.4) is 0 Å². The number of anilines is 1. The predicted octanol–water partition coefficient (Wildman–Crippen LogP) is 3.75. The number of amides is 3. The molecule has 0 radical (unpaired) electrons. The average molecular weight is 577 g/mol. The van der Waals surface area contributed by atoms with Crippen LogP contribution in [-0.4, -0.2) is 67.6 Å². The van der Waals surface area contributed by atoms with E-state index in [0.717, 1.165) is 12.0 Å². The van der Waals surface area contributed by atoms with Crippen LogP contribution in [0.1, 0.15) is 43.2 Å². The van der Waals surface area contributed by atoms with E-state index in [-0.39, 0.29) is 42.0 Å². The van der Waals surface area contributed by atoms with Crippen LogP contribution in [0.5, 0.6) is 0 Å². The number of hydrogen-bond donors (Lipinski definition) is 3. The number of likely N-dealkylation sites (tertiary alicyclic amines) is 1. The van der Waals surface area contributed by atoms with Gasteiger partial charge in [-0.25, -0.2) is 4.39 Å². The van der Waals surface area contributed by atoms with Crippen molar-refractivity contribution in [2.24, 2.45) is 11.3 Å². The van der Waals surface area contributed by atoms with Crippen molar-refractivity contribution in [3.8, 4) is 0 Å². The Balaban J connectivity index is 1.31.